The van der Waals surface area contributed by atoms with Gasteiger partial charge in [-0.15, -0.1) is 0 Å². The summed E-state index contributed by atoms with van der Waals surface area (Å²) >= 11 is 0. The zero-order valence-electron chi connectivity index (χ0n) is 3.88. The second kappa shape index (κ2) is 3.61. The molecule has 0 aliphatic rings. The summed E-state index contributed by atoms with van der Waals surface area (Å²) in [6.45, 7) is 1.20. The molecule has 0 aliphatic heterocycles. The van der Waals surface area contributed by atoms with Crippen molar-refractivity contribution < 1.29 is 15.0 Å². The lowest BCUT2D eigenvalue weighted by atomic mass is 10.4. The Bertz CT molecular complexity index is 58.0. The van der Waals surface area contributed by atoms with Crippen LogP contribution in [0, 0.1) is 7.43 Å². The van der Waals surface area contributed by atoms with Crippen molar-refractivity contribution in [2.75, 3.05) is 0 Å². The number of carboxylic acid groups (broad SMARTS) is 1. The molecule has 0 fully saturated rings. The van der Waals surface area contributed by atoms with Crippen molar-refractivity contribution in [3.63, 3.8) is 0 Å². The number of aliphatic hydroxyl groups excluding tert-OH is 1. The molecule has 0 saturated heterocycles. The van der Waals surface area contributed by atoms with Gasteiger partial charge in [0.1, 0.15) is 6.10 Å². The molecule has 1 atom stereocenters. The summed E-state index contributed by atoms with van der Waals surface area (Å²) in [5.74, 6) is -1.19. The molecule has 3 heteroatoms. The molecule has 3 nitrogen and oxygen atoms in total. The van der Waals surface area contributed by atoms with Gasteiger partial charge in [0.15, 0.2) is 0 Å². The maximum atomic E-state index is 9.45. The van der Waals surface area contributed by atoms with Gasteiger partial charge in [0.2, 0.25) is 0 Å². The Morgan fingerprint density at radius 3 is 1.86 bits per heavy atom. The first-order valence-corrected chi connectivity index (χ1v) is 1.55. The average Bonchev–Trinajstić information content (AvgIpc) is 1.36. The number of carbonyl (C=O) groups is 1. The summed E-state index contributed by atoms with van der Waals surface area (Å²) in [6.07, 6.45) is -1.23. The number of aliphatic hydroxyl groups is 1. The van der Waals surface area contributed by atoms with Gasteiger partial charge in [-0.05, 0) is 6.92 Å². The second-order valence-electron chi connectivity index (χ2n) is 1.01. The molecule has 0 amide bonds. The van der Waals surface area contributed by atoms with Crippen molar-refractivity contribution >= 4 is 5.97 Å². The molecular formula is C4H6O3. The smallest absolute Gasteiger partial charge is 0.332 e. The Morgan fingerprint density at radius 2 is 1.86 bits per heavy atom. The Balaban J connectivity index is 0. The van der Waals surface area contributed by atoms with E-state index in [1.165, 1.54) is 6.92 Å². The van der Waals surface area contributed by atoms with Crippen LogP contribution in [0.25, 0.3) is 0 Å². The summed E-state index contributed by atoms with van der Waals surface area (Å²) < 4.78 is 0. The lowest BCUT2D eigenvalue weighted by Gasteiger charge is -1.89. The quantitative estimate of drug-likeness (QED) is 0.470. The van der Waals surface area contributed by atoms with Crippen LogP contribution in [-0.4, -0.2) is 22.3 Å². The van der Waals surface area contributed by atoms with E-state index in [0.717, 1.165) is 0 Å². The highest BCUT2D eigenvalue weighted by atomic mass is 16.4. The van der Waals surface area contributed by atoms with E-state index in [0.29, 0.717) is 0 Å². The molecule has 7 heavy (non-hydrogen) atoms. The van der Waals surface area contributed by atoms with Crippen LogP contribution in [0.3, 0.4) is 0 Å². The van der Waals surface area contributed by atoms with Crippen molar-refractivity contribution in [1.29, 1.82) is 0 Å². The summed E-state index contributed by atoms with van der Waals surface area (Å²) in [4.78, 5) is 9.45. The highest BCUT2D eigenvalue weighted by Crippen LogP contribution is 1.73. The molecule has 2 N–H and O–H groups in total. The predicted octanol–water partition coefficient (Wildman–Crippen LogP) is -0.467. The fourth-order valence-corrected chi connectivity index (χ4v) is 0. The molecule has 1 unspecified atom stereocenters. The van der Waals surface area contributed by atoms with Crippen molar-refractivity contribution in [3.05, 3.63) is 7.43 Å². The van der Waals surface area contributed by atoms with Crippen molar-refractivity contribution in [2.24, 2.45) is 0 Å². The zero-order valence-corrected chi connectivity index (χ0v) is 3.88. The Hall–Kier alpha value is -0.570. The first kappa shape index (κ1) is 9.66. The van der Waals surface area contributed by atoms with Crippen LogP contribution in [-0.2, 0) is 4.79 Å². The number of rotatable bonds is 1. The monoisotopic (exact) mass is 102 g/mol. The molecule has 0 aromatic carbocycles. The zero-order chi connectivity index (χ0) is 5.15. The molecule has 0 aromatic heterocycles. The van der Waals surface area contributed by atoms with Gasteiger partial charge in [-0.2, -0.15) is 0 Å². The largest absolute Gasteiger partial charge is 0.479 e. The van der Waals surface area contributed by atoms with E-state index in [1.807, 2.05) is 0 Å². The first-order valence-electron chi connectivity index (χ1n) is 1.55. The molecule has 0 saturated carbocycles. The van der Waals surface area contributed by atoms with Crippen LogP contribution in [0.1, 0.15) is 6.92 Å². The SMILES string of the molecule is CC(O)C(=O)O.[C]. The molecule has 0 aliphatic carbocycles. The summed E-state index contributed by atoms with van der Waals surface area (Å²) in [6, 6.07) is 0. The summed E-state index contributed by atoms with van der Waals surface area (Å²) in [7, 11) is 0. The van der Waals surface area contributed by atoms with Crippen molar-refractivity contribution in [3.8, 4) is 0 Å². The number of hydrogen-bond donors (Lipinski definition) is 2. The third-order valence-corrected chi connectivity index (χ3v) is 0.357. The molecule has 0 spiro atoms. The van der Waals surface area contributed by atoms with E-state index in [9.17, 15) is 4.79 Å². The van der Waals surface area contributed by atoms with Gasteiger partial charge in [-0.3, -0.25) is 0 Å². The molecular weight excluding hydrogens is 96.0 g/mol. The minimum Gasteiger partial charge on any atom is -0.479 e. The lowest BCUT2D eigenvalue weighted by molar-refractivity contribution is -0.145. The third-order valence-electron chi connectivity index (χ3n) is 0.357. The van der Waals surface area contributed by atoms with Crippen LogP contribution >= 0.6 is 0 Å². The number of aliphatic carboxylic acids is 1. The highest BCUT2D eigenvalue weighted by molar-refractivity contribution is 5.71. The topological polar surface area (TPSA) is 57.5 Å². The molecule has 0 aromatic rings. The minimum absolute atomic E-state index is 0. The lowest BCUT2D eigenvalue weighted by Crippen LogP contribution is -2.13. The van der Waals surface area contributed by atoms with Gasteiger partial charge in [0.25, 0.3) is 0 Å². The maximum Gasteiger partial charge on any atom is 0.332 e. The van der Waals surface area contributed by atoms with E-state index < -0.39 is 12.1 Å². The molecule has 40 valence electrons. The van der Waals surface area contributed by atoms with Crippen LogP contribution in [0.15, 0.2) is 0 Å². The fraction of sp³-hybridized carbons (Fsp3) is 0.500. The predicted molar refractivity (Wildman–Crippen MR) is 22.6 cm³/mol. The average molecular weight is 102 g/mol. The van der Waals surface area contributed by atoms with Crippen LogP contribution < -0.4 is 0 Å². The van der Waals surface area contributed by atoms with Gasteiger partial charge >= 0.3 is 5.97 Å². The summed E-state index contributed by atoms with van der Waals surface area (Å²) in [5, 5.41) is 15.8. The first-order chi connectivity index (χ1) is 2.64. The van der Waals surface area contributed by atoms with Gasteiger partial charge in [0.05, 0.1) is 0 Å². The van der Waals surface area contributed by atoms with E-state index in [1.54, 1.807) is 0 Å². The fourth-order valence-electron chi connectivity index (χ4n) is 0. The molecule has 0 bridgehead atoms. The number of carboxylic acids is 1. The number of hydrogen-bond acceptors (Lipinski definition) is 2. The third kappa shape index (κ3) is 5.43. The van der Waals surface area contributed by atoms with Crippen LogP contribution in [0.2, 0.25) is 0 Å². The van der Waals surface area contributed by atoms with Gasteiger partial charge in [-0.1, -0.05) is 0 Å². The van der Waals surface area contributed by atoms with E-state index >= 15 is 0 Å². The second-order valence-corrected chi connectivity index (χ2v) is 1.01. The molecule has 0 rings (SSSR count). The highest BCUT2D eigenvalue weighted by Gasteiger charge is 2.01. The standard InChI is InChI=1S/C3H6O3.C/c1-2(4)3(5)6;/h2,4H,1H3,(H,5,6);. The van der Waals surface area contributed by atoms with Gasteiger partial charge in [-0.25, -0.2) is 4.79 Å². The van der Waals surface area contributed by atoms with E-state index in [-0.39, 0.29) is 7.43 Å². The Morgan fingerprint density at radius 1 is 1.71 bits per heavy atom. The Kier molecular flexibility index (Phi) is 4.99. The van der Waals surface area contributed by atoms with Crippen LogP contribution in [0.4, 0.5) is 0 Å². The van der Waals surface area contributed by atoms with Crippen LogP contribution in [0.5, 0.6) is 0 Å². The van der Waals surface area contributed by atoms with Crippen molar-refractivity contribution in [1.82, 2.24) is 0 Å². The van der Waals surface area contributed by atoms with Gasteiger partial charge < -0.3 is 10.2 Å². The van der Waals surface area contributed by atoms with Crippen molar-refractivity contribution in [2.45, 2.75) is 13.0 Å². The molecule has 0 heterocycles. The van der Waals surface area contributed by atoms with E-state index in [2.05, 4.69) is 0 Å². The normalized spacial score (nSPS) is 11.7. The maximum absolute atomic E-state index is 9.45. The summed E-state index contributed by atoms with van der Waals surface area (Å²) in [5.41, 5.74) is 0. The molecule has 4 radical (unpaired) electrons. The Labute approximate surface area is 42.6 Å². The minimum atomic E-state index is -1.23. The van der Waals surface area contributed by atoms with Gasteiger partial charge in [0, 0.05) is 7.43 Å². The van der Waals surface area contributed by atoms with E-state index in [4.69, 9.17) is 10.2 Å².